The number of morpholine rings is 1. The van der Waals surface area contributed by atoms with Crippen molar-refractivity contribution in [1.82, 2.24) is 15.2 Å². The van der Waals surface area contributed by atoms with Gasteiger partial charge in [0, 0.05) is 19.6 Å². The summed E-state index contributed by atoms with van der Waals surface area (Å²) in [5.74, 6) is 0. The maximum atomic E-state index is 8.99. The van der Waals surface area contributed by atoms with Crippen molar-refractivity contribution in [3.63, 3.8) is 0 Å². The predicted octanol–water partition coefficient (Wildman–Crippen LogP) is -0.429. The van der Waals surface area contributed by atoms with Gasteiger partial charge in [-0.05, 0) is 6.92 Å². The fourth-order valence-electron chi connectivity index (χ4n) is 1.64. The lowest BCUT2D eigenvalue weighted by molar-refractivity contribution is -0.0555. The first-order chi connectivity index (χ1) is 7.29. The van der Waals surface area contributed by atoms with Gasteiger partial charge < -0.3 is 9.84 Å². The fraction of sp³-hybridized carbons (Fsp3) is 0.778. The molecule has 1 atom stereocenters. The average molecular weight is 213 g/mol. The second kappa shape index (κ2) is 4.69. The summed E-state index contributed by atoms with van der Waals surface area (Å²) in [6, 6.07) is 0. The molecule has 2 heterocycles. The third-order valence-corrected chi connectivity index (χ3v) is 2.55. The molecular weight excluding hydrogens is 198 g/mol. The lowest BCUT2D eigenvalue weighted by Crippen LogP contribution is -2.43. The van der Waals surface area contributed by atoms with E-state index in [1.54, 1.807) is 0 Å². The van der Waals surface area contributed by atoms with E-state index in [4.69, 9.17) is 9.84 Å². The minimum atomic E-state index is -0.0843. The Labute approximate surface area is 87.8 Å². The van der Waals surface area contributed by atoms with E-state index in [0.717, 1.165) is 24.5 Å². The Bertz CT molecular complexity index is 315. The summed E-state index contributed by atoms with van der Waals surface area (Å²) < 4.78 is 9.99. The van der Waals surface area contributed by atoms with E-state index in [1.165, 1.54) is 0 Å². The monoisotopic (exact) mass is 213 g/mol. The van der Waals surface area contributed by atoms with E-state index in [0.29, 0.717) is 13.2 Å². The molecule has 0 bridgehead atoms. The molecule has 1 aliphatic heterocycles. The molecule has 1 N–H and O–H groups in total. The van der Waals surface area contributed by atoms with Crippen LogP contribution in [0.2, 0.25) is 0 Å². The third kappa shape index (κ3) is 2.53. The van der Waals surface area contributed by atoms with Gasteiger partial charge in [0.15, 0.2) is 0 Å². The lowest BCUT2D eigenvalue weighted by atomic mass is 10.2. The number of hydrogen-bond acceptors (Lipinski definition) is 6. The molecule has 2 rings (SSSR count). The standard InChI is InChI=1S/C9H15N3O3/c1-7-9(11-15-10-7)5-12-2-3-14-8(4-12)6-13/h8,13H,2-6H2,1H3. The number of aryl methyl sites for hydroxylation is 1. The quantitative estimate of drug-likeness (QED) is 0.734. The summed E-state index contributed by atoms with van der Waals surface area (Å²) in [7, 11) is 0. The molecule has 1 saturated heterocycles. The molecule has 0 aromatic carbocycles. The predicted molar refractivity (Wildman–Crippen MR) is 51.1 cm³/mol. The van der Waals surface area contributed by atoms with Crippen LogP contribution in [0.25, 0.3) is 0 Å². The topological polar surface area (TPSA) is 71.6 Å². The molecule has 6 nitrogen and oxygen atoms in total. The first-order valence-corrected chi connectivity index (χ1v) is 5.02. The number of nitrogens with zero attached hydrogens (tertiary/aromatic N) is 3. The normalized spacial score (nSPS) is 23.2. The van der Waals surface area contributed by atoms with Gasteiger partial charge in [-0.3, -0.25) is 4.90 Å². The Balaban J connectivity index is 1.92. The maximum Gasteiger partial charge on any atom is 0.122 e. The number of rotatable bonds is 3. The van der Waals surface area contributed by atoms with E-state index in [2.05, 4.69) is 19.8 Å². The van der Waals surface area contributed by atoms with Crippen molar-refractivity contribution >= 4 is 0 Å². The Hall–Kier alpha value is -0.980. The van der Waals surface area contributed by atoms with E-state index >= 15 is 0 Å². The summed E-state index contributed by atoms with van der Waals surface area (Å²) in [5.41, 5.74) is 1.68. The van der Waals surface area contributed by atoms with Gasteiger partial charge in [-0.15, -0.1) is 0 Å². The van der Waals surface area contributed by atoms with E-state index in [9.17, 15) is 0 Å². The van der Waals surface area contributed by atoms with Gasteiger partial charge in [0.2, 0.25) is 0 Å². The number of ether oxygens (including phenoxy) is 1. The van der Waals surface area contributed by atoms with Crippen LogP contribution < -0.4 is 0 Å². The Morgan fingerprint density at radius 1 is 1.53 bits per heavy atom. The van der Waals surface area contributed by atoms with Gasteiger partial charge in [-0.25, -0.2) is 4.63 Å². The molecule has 1 aromatic rings. The molecule has 6 heteroatoms. The summed E-state index contributed by atoms with van der Waals surface area (Å²) in [5, 5.41) is 16.5. The maximum absolute atomic E-state index is 8.99. The SMILES string of the molecule is Cc1nonc1CN1CCOC(CO)C1. The Morgan fingerprint density at radius 3 is 3.07 bits per heavy atom. The molecule has 1 aliphatic rings. The van der Waals surface area contributed by atoms with Crippen LogP contribution in [0.4, 0.5) is 0 Å². The molecule has 1 unspecified atom stereocenters. The Kier molecular flexibility index (Phi) is 3.30. The van der Waals surface area contributed by atoms with Crippen LogP contribution in [-0.4, -0.2) is 52.7 Å². The zero-order chi connectivity index (χ0) is 10.7. The van der Waals surface area contributed by atoms with Crippen LogP contribution in [0.15, 0.2) is 4.63 Å². The van der Waals surface area contributed by atoms with Crippen LogP contribution in [0, 0.1) is 6.92 Å². The smallest absolute Gasteiger partial charge is 0.122 e. The first kappa shape index (κ1) is 10.5. The molecule has 1 fully saturated rings. The van der Waals surface area contributed by atoms with Gasteiger partial charge >= 0.3 is 0 Å². The summed E-state index contributed by atoms with van der Waals surface area (Å²) in [4.78, 5) is 2.18. The average Bonchev–Trinajstić information content (AvgIpc) is 2.65. The van der Waals surface area contributed by atoms with E-state index in [-0.39, 0.29) is 12.7 Å². The van der Waals surface area contributed by atoms with Crippen LogP contribution in [0.5, 0.6) is 0 Å². The van der Waals surface area contributed by atoms with Crippen LogP contribution >= 0.6 is 0 Å². The molecule has 15 heavy (non-hydrogen) atoms. The third-order valence-electron chi connectivity index (χ3n) is 2.55. The minimum absolute atomic E-state index is 0.0621. The minimum Gasteiger partial charge on any atom is -0.394 e. The molecule has 0 aliphatic carbocycles. The summed E-state index contributed by atoms with van der Waals surface area (Å²) in [6.45, 7) is 4.86. The highest BCUT2D eigenvalue weighted by atomic mass is 16.6. The molecule has 84 valence electrons. The van der Waals surface area contributed by atoms with E-state index in [1.807, 2.05) is 6.92 Å². The van der Waals surface area contributed by atoms with Crippen molar-refractivity contribution in [2.75, 3.05) is 26.3 Å². The first-order valence-electron chi connectivity index (χ1n) is 5.02. The molecule has 0 amide bonds. The van der Waals surface area contributed by atoms with Gasteiger partial charge in [-0.2, -0.15) is 0 Å². The zero-order valence-electron chi connectivity index (χ0n) is 8.72. The van der Waals surface area contributed by atoms with Crippen molar-refractivity contribution in [2.45, 2.75) is 19.6 Å². The van der Waals surface area contributed by atoms with Crippen LogP contribution in [0.1, 0.15) is 11.4 Å². The van der Waals surface area contributed by atoms with Crippen molar-refractivity contribution in [1.29, 1.82) is 0 Å². The second-order valence-corrected chi connectivity index (χ2v) is 3.71. The molecule has 0 spiro atoms. The van der Waals surface area contributed by atoms with Crippen molar-refractivity contribution in [2.24, 2.45) is 0 Å². The number of aliphatic hydroxyl groups is 1. The van der Waals surface area contributed by atoms with Crippen molar-refractivity contribution in [3.05, 3.63) is 11.4 Å². The van der Waals surface area contributed by atoms with Crippen molar-refractivity contribution < 1.29 is 14.5 Å². The molecule has 0 radical (unpaired) electrons. The second-order valence-electron chi connectivity index (χ2n) is 3.71. The summed E-state index contributed by atoms with van der Waals surface area (Å²) >= 11 is 0. The van der Waals surface area contributed by atoms with Gasteiger partial charge in [0.05, 0.1) is 19.3 Å². The highest BCUT2D eigenvalue weighted by Gasteiger charge is 2.21. The lowest BCUT2D eigenvalue weighted by Gasteiger charge is -2.31. The van der Waals surface area contributed by atoms with E-state index < -0.39 is 0 Å². The molecular formula is C9H15N3O3. The van der Waals surface area contributed by atoms with Gasteiger partial charge in [0.25, 0.3) is 0 Å². The van der Waals surface area contributed by atoms with Gasteiger partial charge in [0.1, 0.15) is 11.4 Å². The highest BCUT2D eigenvalue weighted by Crippen LogP contribution is 2.10. The highest BCUT2D eigenvalue weighted by molar-refractivity contribution is 5.04. The largest absolute Gasteiger partial charge is 0.394 e. The molecule has 1 aromatic heterocycles. The molecule has 0 saturated carbocycles. The number of aliphatic hydroxyl groups excluding tert-OH is 1. The summed E-state index contributed by atoms with van der Waals surface area (Å²) in [6.07, 6.45) is -0.0843. The number of aromatic nitrogens is 2. The van der Waals surface area contributed by atoms with Crippen molar-refractivity contribution in [3.8, 4) is 0 Å². The van der Waals surface area contributed by atoms with Crippen LogP contribution in [0.3, 0.4) is 0 Å². The number of hydrogen-bond donors (Lipinski definition) is 1. The van der Waals surface area contributed by atoms with Crippen LogP contribution in [-0.2, 0) is 11.3 Å². The fourth-order valence-corrected chi connectivity index (χ4v) is 1.64. The van der Waals surface area contributed by atoms with Gasteiger partial charge in [-0.1, -0.05) is 10.3 Å². The zero-order valence-corrected chi connectivity index (χ0v) is 8.72. The Morgan fingerprint density at radius 2 is 2.40 bits per heavy atom.